The smallest absolute Gasteiger partial charge is 0.00980 e. The summed E-state index contributed by atoms with van der Waals surface area (Å²) < 4.78 is 0. The molecule has 2 heteroatoms. The normalized spacial score (nSPS) is 31.9. The van der Waals surface area contributed by atoms with E-state index in [-0.39, 0.29) is 0 Å². The summed E-state index contributed by atoms with van der Waals surface area (Å²) in [4.78, 5) is 2.44. The van der Waals surface area contributed by atoms with Crippen LogP contribution in [0.15, 0.2) is 0 Å². The highest BCUT2D eigenvalue weighted by atomic mass is 15.1. The van der Waals surface area contributed by atoms with Gasteiger partial charge in [-0.1, -0.05) is 12.8 Å². The summed E-state index contributed by atoms with van der Waals surface area (Å²) in [5, 5.41) is 3.80. The zero-order chi connectivity index (χ0) is 12.3. The predicted molar refractivity (Wildman–Crippen MR) is 74.2 cm³/mol. The van der Waals surface area contributed by atoms with Gasteiger partial charge in [-0.25, -0.2) is 0 Å². The summed E-state index contributed by atoms with van der Waals surface area (Å²) in [5.41, 5.74) is 0. The second kappa shape index (κ2) is 6.19. The molecule has 2 nitrogen and oxygen atoms in total. The van der Waals surface area contributed by atoms with Gasteiger partial charge in [-0.3, -0.25) is 0 Å². The molecule has 17 heavy (non-hydrogen) atoms. The molecule has 0 aliphatic heterocycles. The molecule has 0 spiro atoms. The molecule has 0 aromatic rings. The first-order valence-electron chi connectivity index (χ1n) is 7.62. The van der Waals surface area contributed by atoms with Crippen LogP contribution in [0.2, 0.25) is 0 Å². The molecule has 2 rings (SSSR count). The average molecular weight is 238 g/mol. The number of nitrogens with one attached hydrogen (secondary N) is 1. The van der Waals surface area contributed by atoms with Gasteiger partial charge < -0.3 is 10.2 Å². The van der Waals surface area contributed by atoms with Crippen LogP contribution in [0.25, 0.3) is 0 Å². The second-order valence-corrected chi connectivity index (χ2v) is 6.43. The van der Waals surface area contributed by atoms with Crippen molar-refractivity contribution < 1.29 is 0 Å². The van der Waals surface area contributed by atoms with Gasteiger partial charge in [0, 0.05) is 12.1 Å². The molecule has 0 heterocycles. The summed E-state index contributed by atoms with van der Waals surface area (Å²) in [6.07, 6.45) is 8.62. The average Bonchev–Trinajstić information content (AvgIpc) is 3.07. The molecule has 0 aromatic heterocycles. The molecule has 0 saturated heterocycles. The number of hydrogen-bond donors (Lipinski definition) is 1. The zero-order valence-corrected chi connectivity index (χ0v) is 11.9. The Morgan fingerprint density at radius 3 is 2.82 bits per heavy atom. The van der Waals surface area contributed by atoms with Crippen molar-refractivity contribution >= 4 is 0 Å². The Kier molecular flexibility index (Phi) is 4.87. The van der Waals surface area contributed by atoms with Crippen molar-refractivity contribution in [1.82, 2.24) is 10.2 Å². The third-order valence-corrected chi connectivity index (χ3v) is 4.81. The molecule has 2 fully saturated rings. The highest BCUT2D eigenvalue weighted by Crippen LogP contribution is 2.49. The van der Waals surface area contributed by atoms with Gasteiger partial charge in [-0.15, -0.1) is 0 Å². The standard InChI is InChI=1S/C15H30N2/c1-12(2)17(3)10-5-4-9-16-15-8-6-7-13-11-14(13)15/h12-16H,4-11H2,1-3H3. The number of unbranched alkanes of at least 4 members (excludes halogenated alkanes) is 1. The fourth-order valence-electron chi connectivity index (χ4n) is 3.20. The number of hydrogen-bond acceptors (Lipinski definition) is 2. The maximum atomic E-state index is 3.80. The molecule has 3 atom stereocenters. The van der Waals surface area contributed by atoms with Gasteiger partial charge in [0.1, 0.15) is 0 Å². The van der Waals surface area contributed by atoms with Crippen molar-refractivity contribution in [3.63, 3.8) is 0 Å². The molecule has 2 saturated carbocycles. The Morgan fingerprint density at radius 2 is 2.06 bits per heavy atom. The van der Waals surface area contributed by atoms with E-state index >= 15 is 0 Å². The van der Waals surface area contributed by atoms with Gasteiger partial charge in [-0.2, -0.15) is 0 Å². The first kappa shape index (κ1) is 13.4. The lowest BCUT2D eigenvalue weighted by atomic mass is 9.95. The predicted octanol–water partition coefficient (Wildman–Crippen LogP) is 2.89. The van der Waals surface area contributed by atoms with Crippen molar-refractivity contribution in [3.8, 4) is 0 Å². The maximum Gasteiger partial charge on any atom is 0.00980 e. The van der Waals surface area contributed by atoms with E-state index in [1.165, 1.54) is 51.6 Å². The van der Waals surface area contributed by atoms with Crippen molar-refractivity contribution in [2.45, 2.75) is 64.5 Å². The topological polar surface area (TPSA) is 15.3 Å². The minimum absolute atomic E-state index is 0.688. The van der Waals surface area contributed by atoms with Crippen LogP contribution in [0, 0.1) is 11.8 Å². The minimum atomic E-state index is 0.688. The lowest BCUT2D eigenvalue weighted by molar-refractivity contribution is 0.265. The van der Waals surface area contributed by atoms with Crippen LogP contribution in [-0.4, -0.2) is 37.1 Å². The van der Waals surface area contributed by atoms with E-state index in [0.29, 0.717) is 6.04 Å². The number of nitrogens with zero attached hydrogens (tertiary/aromatic N) is 1. The molecule has 0 aromatic carbocycles. The van der Waals surface area contributed by atoms with Crippen molar-refractivity contribution in [2.24, 2.45) is 11.8 Å². The highest BCUT2D eigenvalue weighted by Gasteiger charge is 2.44. The van der Waals surface area contributed by atoms with E-state index in [2.05, 4.69) is 31.1 Å². The van der Waals surface area contributed by atoms with E-state index in [4.69, 9.17) is 0 Å². The van der Waals surface area contributed by atoms with Crippen LogP contribution in [0.5, 0.6) is 0 Å². The quantitative estimate of drug-likeness (QED) is 0.686. The molecule has 0 amide bonds. The first-order valence-corrected chi connectivity index (χ1v) is 7.62. The van der Waals surface area contributed by atoms with Crippen LogP contribution in [0.1, 0.15) is 52.4 Å². The Hall–Kier alpha value is -0.0800. The van der Waals surface area contributed by atoms with Gasteiger partial charge in [0.25, 0.3) is 0 Å². The molecule has 1 N–H and O–H groups in total. The van der Waals surface area contributed by atoms with E-state index < -0.39 is 0 Å². The van der Waals surface area contributed by atoms with E-state index in [1.807, 2.05) is 0 Å². The lowest BCUT2D eigenvalue weighted by Crippen LogP contribution is -2.34. The third kappa shape index (κ3) is 3.96. The van der Waals surface area contributed by atoms with Crippen LogP contribution >= 0.6 is 0 Å². The van der Waals surface area contributed by atoms with Gasteiger partial charge in [0.15, 0.2) is 0 Å². The fourth-order valence-corrected chi connectivity index (χ4v) is 3.20. The molecule has 0 bridgehead atoms. The molecular weight excluding hydrogens is 208 g/mol. The largest absolute Gasteiger partial charge is 0.314 e. The maximum absolute atomic E-state index is 3.80. The monoisotopic (exact) mass is 238 g/mol. The van der Waals surface area contributed by atoms with Crippen molar-refractivity contribution in [2.75, 3.05) is 20.1 Å². The first-order chi connectivity index (χ1) is 8.18. The Morgan fingerprint density at radius 1 is 1.24 bits per heavy atom. The SMILES string of the molecule is CC(C)N(C)CCCCNC1CCCC2CC21. The van der Waals surface area contributed by atoms with Crippen LogP contribution < -0.4 is 5.32 Å². The Bertz CT molecular complexity index is 227. The van der Waals surface area contributed by atoms with Gasteiger partial charge in [-0.05, 0) is 71.5 Å². The second-order valence-electron chi connectivity index (χ2n) is 6.43. The van der Waals surface area contributed by atoms with Crippen molar-refractivity contribution in [1.29, 1.82) is 0 Å². The summed E-state index contributed by atoms with van der Waals surface area (Å²) >= 11 is 0. The Balaban J connectivity index is 1.49. The minimum Gasteiger partial charge on any atom is -0.314 e. The zero-order valence-electron chi connectivity index (χ0n) is 11.9. The summed E-state index contributed by atoms with van der Waals surface area (Å²) in [7, 11) is 2.23. The van der Waals surface area contributed by atoms with Crippen LogP contribution in [-0.2, 0) is 0 Å². The lowest BCUT2D eigenvalue weighted by Gasteiger charge is -2.23. The van der Waals surface area contributed by atoms with Crippen LogP contribution in [0.4, 0.5) is 0 Å². The molecule has 2 aliphatic rings. The van der Waals surface area contributed by atoms with E-state index in [0.717, 1.165) is 17.9 Å². The molecular formula is C15H30N2. The molecule has 3 unspecified atom stereocenters. The van der Waals surface area contributed by atoms with E-state index in [9.17, 15) is 0 Å². The highest BCUT2D eigenvalue weighted by molar-refractivity contribution is 4.98. The molecule has 2 aliphatic carbocycles. The van der Waals surface area contributed by atoms with Gasteiger partial charge in [0.2, 0.25) is 0 Å². The third-order valence-electron chi connectivity index (χ3n) is 4.81. The van der Waals surface area contributed by atoms with Crippen LogP contribution in [0.3, 0.4) is 0 Å². The van der Waals surface area contributed by atoms with Gasteiger partial charge in [0.05, 0.1) is 0 Å². The Labute approximate surface area is 107 Å². The summed E-state index contributed by atoms with van der Waals surface area (Å²) in [6.45, 7) is 7.02. The van der Waals surface area contributed by atoms with E-state index in [1.54, 1.807) is 0 Å². The number of fused-ring (bicyclic) bond motifs is 1. The summed E-state index contributed by atoms with van der Waals surface area (Å²) in [6, 6.07) is 1.56. The fraction of sp³-hybridized carbons (Fsp3) is 1.00. The summed E-state index contributed by atoms with van der Waals surface area (Å²) in [5.74, 6) is 2.16. The number of rotatable bonds is 7. The van der Waals surface area contributed by atoms with Gasteiger partial charge >= 0.3 is 0 Å². The molecule has 100 valence electrons. The molecule has 0 radical (unpaired) electrons. The van der Waals surface area contributed by atoms with Crippen molar-refractivity contribution in [3.05, 3.63) is 0 Å².